The predicted molar refractivity (Wildman–Crippen MR) is 79.4 cm³/mol. The number of ether oxygens (including phenoxy) is 2. The van der Waals surface area contributed by atoms with E-state index in [4.69, 9.17) is 9.47 Å². The van der Waals surface area contributed by atoms with Crippen LogP contribution < -0.4 is 4.74 Å². The third kappa shape index (κ3) is 1.63. The molecule has 3 heteroatoms. The van der Waals surface area contributed by atoms with E-state index in [1.54, 1.807) is 7.11 Å². The van der Waals surface area contributed by atoms with Crippen LogP contribution in [-0.2, 0) is 21.4 Å². The summed E-state index contributed by atoms with van der Waals surface area (Å²) < 4.78 is 10.8. The highest BCUT2D eigenvalue weighted by atomic mass is 16.5. The van der Waals surface area contributed by atoms with E-state index in [9.17, 15) is 4.79 Å². The lowest BCUT2D eigenvalue weighted by Crippen LogP contribution is -2.41. The minimum atomic E-state index is -0.0801. The van der Waals surface area contributed by atoms with Gasteiger partial charge in [0, 0.05) is 5.57 Å². The molecule has 3 aliphatic rings. The lowest BCUT2D eigenvalue weighted by atomic mass is 9.57. The van der Waals surface area contributed by atoms with Gasteiger partial charge in [0.05, 0.1) is 7.11 Å². The quantitative estimate of drug-likeness (QED) is 0.743. The molecule has 0 bridgehead atoms. The van der Waals surface area contributed by atoms with Crippen molar-refractivity contribution in [2.45, 2.75) is 38.0 Å². The molecule has 1 heterocycles. The van der Waals surface area contributed by atoms with Crippen LogP contribution >= 0.6 is 0 Å². The molecule has 0 amide bonds. The Hall–Kier alpha value is -1.77. The molecule has 0 aromatic heterocycles. The SMILES string of the molecule is COc1cccc2c1CC[C@H]1C3=C(CC[C@]21C)C(=O)OC3. The molecule has 4 rings (SSSR count). The van der Waals surface area contributed by atoms with Gasteiger partial charge in [0.15, 0.2) is 0 Å². The third-order valence-corrected chi connectivity index (χ3v) is 5.73. The second-order valence-electron chi connectivity index (χ2n) is 6.58. The highest BCUT2D eigenvalue weighted by Gasteiger charge is 2.48. The minimum absolute atomic E-state index is 0.0801. The smallest absolute Gasteiger partial charge is 0.334 e. The molecular formula is C18H20O3. The first-order chi connectivity index (χ1) is 10.1. The van der Waals surface area contributed by atoms with Gasteiger partial charge in [-0.3, -0.25) is 0 Å². The van der Waals surface area contributed by atoms with E-state index in [-0.39, 0.29) is 11.4 Å². The van der Waals surface area contributed by atoms with E-state index in [1.165, 1.54) is 16.7 Å². The molecule has 0 N–H and O–H groups in total. The average Bonchev–Trinajstić information content (AvgIpc) is 2.87. The maximum atomic E-state index is 11.8. The summed E-state index contributed by atoms with van der Waals surface area (Å²) >= 11 is 0. The lowest BCUT2D eigenvalue weighted by molar-refractivity contribution is -0.136. The Labute approximate surface area is 124 Å². The van der Waals surface area contributed by atoms with E-state index in [0.29, 0.717) is 12.5 Å². The van der Waals surface area contributed by atoms with Crippen LogP contribution in [0.2, 0.25) is 0 Å². The van der Waals surface area contributed by atoms with Crippen molar-refractivity contribution < 1.29 is 14.3 Å². The molecular weight excluding hydrogens is 264 g/mol. The van der Waals surface area contributed by atoms with Crippen molar-refractivity contribution in [1.82, 2.24) is 0 Å². The van der Waals surface area contributed by atoms with Gasteiger partial charge in [-0.05, 0) is 59.8 Å². The first-order valence-corrected chi connectivity index (χ1v) is 7.70. The van der Waals surface area contributed by atoms with Crippen molar-refractivity contribution in [3.63, 3.8) is 0 Å². The molecule has 0 saturated heterocycles. The van der Waals surface area contributed by atoms with Gasteiger partial charge in [-0.2, -0.15) is 0 Å². The van der Waals surface area contributed by atoms with Crippen molar-refractivity contribution >= 4 is 5.97 Å². The van der Waals surface area contributed by atoms with Gasteiger partial charge in [0.1, 0.15) is 12.4 Å². The van der Waals surface area contributed by atoms with E-state index in [0.717, 1.165) is 37.0 Å². The van der Waals surface area contributed by atoms with Gasteiger partial charge in [-0.25, -0.2) is 4.79 Å². The molecule has 3 nitrogen and oxygen atoms in total. The predicted octanol–water partition coefficient (Wildman–Crippen LogP) is 3.16. The van der Waals surface area contributed by atoms with Gasteiger partial charge in [0.25, 0.3) is 0 Å². The fourth-order valence-electron chi connectivity index (χ4n) is 4.62. The summed E-state index contributed by atoms with van der Waals surface area (Å²) in [6.07, 6.45) is 3.97. The van der Waals surface area contributed by atoms with Crippen LogP contribution in [0.15, 0.2) is 29.3 Å². The van der Waals surface area contributed by atoms with Gasteiger partial charge in [0.2, 0.25) is 0 Å². The Kier molecular flexibility index (Phi) is 2.69. The fourth-order valence-corrected chi connectivity index (χ4v) is 4.62. The summed E-state index contributed by atoms with van der Waals surface area (Å²) in [5.74, 6) is 1.36. The maximum Gasteiger partial charge on any atom is 0.334 e. The molecule has 0 saturated carbocycles. The standard InChI is InChI=1S/C18H20O3/c1-18-9-8-11-13(10-21-17(11)19)15(18)7-6-12-14(18)4-3-5-16(12)20-2/h3-5,15H,6-10H2,1-2H3/t15-,18+/m0/s1. The summed E-state index contributed by atoms with van der Waals surface area (Å²) in [5.41, 5.74) is 5.10. The van der Waals surface area contributed by atoms with E-state index in [2.05, 4.69) is 25.1 Å². The number of carbonyl (C=O) groups is 1. The fraction of sp³-hybridized carbons (Fsp3) is 0.500. The van der Waals surface area contributed by atoms with E-state index in [1.807, 2.05) is 0 Å². The average molecular weight is 284 g/mol. The topological polar surface area (TPSA) is 35.5 Å². The zero-order valence-corrected chi connectivity index (χ0v) is 12.6. The molecule has 0 radical (unpaired) electrons. The van der Waals surface area contributed by atoms with Crippen molar-refractivity contribution in [2.24, 2.45) is 5.92 Å². The minimum Gasteiger partial charge on any atom is -0.496 e. The number of carbonyl (C=O) groups excluding carboxylic acids is 1. The van der Waals surface area contributed by atoms with Gasteiger partial charge >= 0.3 is 5.97 Å². The molecule has 2 aliphatic carbocycles. The monoisotopic (exact) mass is 284 g/mol. The molecule has 1 aromatic carbocycles. The van der Waals surface area contributed by atoms with Crippen LogP contribution in [0.25, 0.3) is 0 Å². The summed E-state index contributed by atoms with van der Waals surface area (Å²) in [6.45, 7) is 2.86. The number of methoxy groups -OCH3 is 1. The molecule has 1 aliphatic heterocycles. The van der Waals surface area contributed by atoms with Gasteiger partial charge in [-0.15, -0.1) is 0 Å². The molecule has 0 fully saturated rings. The van der Waals surface area contributed by atoms with Crippen LogP contribution in [0.3, 0.4) is 0 Å². The van der Waals surface area contributed by atoms with Crippen LogP contribution in [0, 0.1) is 5.92 Å². The molecule has 1 aromatic rings. The largest absolute Gasteiger partial charge is 0.496 e. The van der Waals surface area contributed by atoms with Crippen LogP contribution in [-0.4, -0.2) is 19.7 Å². The number of esters is 1. The summed E-state index contributed by atoms with van der Waals surface area (Å²) in [7, 11) is 1.75. The van der Waals surface area contributed by atoms with Crippen LogP contribution in [0.4, 0.5) is 0 Å². The number of fused-ring (bicyclic) bond motifs is 4. The Morgan fingerprint density at radius 1 is 1.33 bits per heavy atom. The number of hydrogen-bond donors (Lipinski definition) is 0. The number of rotatable bonds is 1. The lowest BCUT2D eigenvalue weighted by Gasteiger charge is -2.46. The Balaban J connectivity index is 1.85. The second-order valence-corrected chi connectivity index (χ2v) is 6.58. The van der Waals surface area contributed by atoms with Gasteiger partial charge < -0.3 is 9.47 Å². The normalized spacial score (nSPS) is 30.4. The Morgan fingerprint density at radius 2 is 2.19 bits per heavy atom. The second kappa shape index (κ2) is 4.36. The first kappa shape index (κ1) is 12.9. The summed E-state index contributed by atoms with van der Waals surface area (Å²) in [5, 5.41) is 0. The van der Waals surface area contributed by atoms with E-state index < -0.39 is 0 Å². The highest BCUT2D eigenvalue weighted by Crippen LogP contribution is 2.54. The summed E-state index contributed by atoms with van der Waals surface area (Å²) in [6, 6.07) is 6.39. The zero-order chi connectivity index (χ0) is 14.6. The Bertz CT molecular complexity index is 658. The Morgan fingerprint density at radius 3 is 3.00 bits per heavy atom. The molecule has 21 heavy (non-hydrogen) atoms. The van der Waals surface area contributed by atoms with Crippen molar-refractivity contribution in [2.75, 3.05) is 13.7 Å². The van der Waals surface area contributed by atoms with Crippen molar-refractivity contribution in [3.05, 3.63) is 40.5 Å². The molecule has 2 atom stereocenters. The zero-order valence-electron chi connectivity index (χ0n) is 12.6. The molecule has 0 spiro atoms. The number of cyclic esters (lactones) is 1. The number of benzene rings is 1. The van der Waals surface area contributed by atoms with Crippen molar-refractivity contribution in [1.29, 1.82) is 0 Å². The number of hydrogen-bond acceptors (Lipinski definition) is 3. The molecule has 0 unspecified atom stereocenters. The van der Waals surface area contributed by atoms with Crippen LogP contribution in [0.5, 0.6) is 5.75 Å². The molecule has 110 valence electrons. The summed E-state index contributed by atoms with van der Waals surface area (Å²) in [4.78, 5) is 11.8. The third-order valence-electron chi connectivity index (χ3n) is 5.73. The van der Waals surface area contributed by atoms with Gasteiger partial charge in [-0.1, -0.05) is 19.1 Å². The first-order valence-electron chi connectivity index (χ1n) is 7.70. The van der Waals surface area contributed by atoms with Crippen LogP contribution in [0.1, 0.15) is 37.3 Å². The van der Waals surface area contributed by atoms with Crippen molar-refractivity contribution in [3.8, 4) is 5.75 Å². The maximum absolute atomic E-state index is 11.8. The van der Waals surface area contributed by atoms with E-state index >= 15 is 0 Å². The highest BCUT2D eigenvalue weighted by molar-refractivity contribution is 5.92.